The van der Waals surface area contributed by atoms with E-state index in [1.165, 1.54) is 23.3 Å². The van der Waals surface area contributed by atoms with Crippen LogP contribution in [-0.4, -0.2) is 55.5 Å². The fraction of sp³-hybridized carbons (Fsp3) is 0.688. The quantitative estimate of drug-likeness (QED) is 0.917. The number of hydrogen-bond acceptors (Lipinski definition) is 4. The van der Waals surface area contributed by atoms with Gasteiger partial charge in [0.2, 0.25) is 5.91 Å². The molecule has 0 aromatic carbocycles. The minimum atomic E-state index is 0.303. The van der Waals surface area contributed by atoms with Crippen LogP contribution in [0.3, 0.4) is 0 Å². The van der Waals surface area contributed by atoms with Crippen molar-refractivity contribution in [3.05, 3.63) is 21.9 Å². The monoisotopic (exact) mass is 307 g/mol. The third kappa shape index (κ3) is 3.65. The Bertz CT molecular complexity index is 486. The molecule has 1 saturated heterocycles. The number of likely N-dealkylation sites (tertiary alicyclic amines) is 1. The van der Waals surface area contributed by atoms with Gasteiger partial charge >= 0.3 is 0 Å². The van der Waals surface area contributed by atoms with E-state index in [0.717, 1.165) is 39.1 Å². The lowest BCUT2D eigenvalue weighted by Gasteiger charge is -2.34. The summed E-state index contributed by atoms with van der Waals surface area (Å²) in [5, 5.41) is 5.41. The fourth-order valence-corrected chi connectivity index (χ4v) is 4.39. The molecule has 2 aliphatic rings. The maximum absolute atomic E-state index is 12.5. The van der Waals surface area contributed by atoms with Crippen molar-refractivity contribution >= 4 is 17.2 Å². The van der Waals surface area contributed by atoms with Crippen molar-refractivity contribution in [3.8, 4) is 0 Å². The molecule has 2 aliphatic heterocycles. The Labute approximate surface area is 131 Å². The first-order valence-corrected chi connectivity index (χ1v) is 8.84. The lowest BCUT2D eigenvalue weighted by atomic mass is 9.98. The van der Waals surface area contributed by atoms with Gasteiger partial charge in [0.25, 0.3) is 0 Å². The zero-order valence-electron chi connectivity index (χ0n) is 12.8. The van der Waals surface area contributed by atoms with Gasteiger partial charge in [0.05, 0.1) is 6.54 Å². The molecule has 116 valence electrons. The van der Waals surface area contributed by atoms with Gasteiger partial charge in [0, 0.05) is 24.5 Å². The van der Waals surface area contributed by atoms with E-state index in [0.29, 0.717) is 18.4 Å². The van der Waals surface area contributed by atoms with Gasteiger partial charge in [-0.05, 0) is 62.3 Å². The molecule has 0 aliphatic carbocycles. The van der Waals surface area contributed by atoms with Gasteiger partial charge in [-0.1, -0.05) is 0 Å². The molecule has 1 aromatic rings. The maximum Gasteiger partial charge on any atom is 0.237 e. The van der Waals surface area contributed by atoms with E-state index in [-0.39, 0.29) is 0 Å². The van der Waals surface area contributed by atoms with E-state index in [2.05, 4.69) is 21.7 Å². The minimum Gasteiger partial charge on any atom is -0.337 e. The Kier molecular flexibility index (Phi) is 4.93. The lowest BCUT2D eigenvalue weighted by Crippen LogP contribution is -2.46. The molecule has 21 heavy (non-hydrogen) atoms. The first-order valence-electron chi connectivity index (χ1n) is 7.96. The number of rotatable bonds is 4. The zero-order valence-corrected chi connectivity index (χ0v) is 13.6. The zero-order chi connectivity index (χ0) is 14.7. The van der Waals surface area contributed by atoms with Crippen molar-refractivity contribution in [1.82, 2.24) is 15.1 Å². The van der Waals surface area contributed by atoms with E-state index >= 15 is 0 Å². The Morgan fingerprint density at radius 1 is 1.48 bits per heavy atom. The second-order valence-corrected chi connectivity index (χ2v) is 7.24. The Balaban J connectivity index is 1.52. The summed E-state index contributed by atoms with van der Waals surface area (Å²) in [6, 6.07) is 2.17. The Morgan fingerprint density at radius 3 is 3.24 bits per heavy atom. The number of piperidine rings is 1. The van der Waals surface area contributed by atoms with E-state index in [9.17, 15) is 4.79 Å². The van der Waals surface area contributed by atoms with Gasteiger partial charge in [-0.25, -0.2) is 0 Å². The second kappa shape index (κ2) is 6.90. The van der Waals surface area contributed by atoms with Gasteiger partial charge < -0.3 is 10.2 Å². The molecule has 0 saturated carbocycles. The van der Waals surface area contributed by atoms with Crippen molar-refractivity contribution < 1.29 is 4.79 Å². The van der Waals surface area contributed by atoms with Crippen LogP contribution in [-0.2, 0) is 17.8 Å². The van der Waals surface area contributed by atoms with E-state index in [1.54, 1.807) is 0 Å². The van der Waals surface area contributed by atoms with Gasteiger partial charge in [0.1, 0.15) is 0 Å². The van der Waals surface area contributed by atoms with Gasteiger partial charge in [-0.2, -0.15) is 0 Å². The Hall–Kier alpha value is -0.910. The van der Waals surface area contributed by atoms with Crippen LogP contribution in [0, 0.1) is 5.92 Å². The van der Waals surface area contributed by atoms with Crippen LogP contribution in [0.4, 0.5) is 0 Å². The number of thiophene rings is 1. The summed E-state index contributed by atoms with van der Waals surface area (Å²) in [4.78, 5) is 18.4. The standard InChI is InChI=1S/C16H25N3OS/c1-17-9-13-3-2-6-18(10-13)12-16(20)19-7-4-15-14(11-19)5-8-21-15/h5,8,13,17H,2-4,6-7,9-12H2,1H3. The number of fused-ring (bicyclic) bond motifs is 1. The summed E-state index contributed by atoms with van der Waals surface area (Å²) >= 11 is 1.83. The molecule has 0 radical (unpaired) electrons. The predicted octanol–water partition coefficient (Wildman–Crippen LogP) is 1.56. The summed E-state index contributed by atoms with van der Waals surface area (Å²) in [5.74, 6) is 0.998. The highest BCUT2D eigenvalue weighted by Gasteiger charge is 2.25. The van der Waals surface area contributed by atoms with Crippen molar-refractivity contribution in [3.63, 3.8) is 0 Å². The number of nitrogens with one attached hydrogen (secondary N) is 1. The molecular formula is C16H25N3OS. The maximum atomic E-state index is 12.5. The highest BCUT2D eigenvalue weighted by Crippen LogP contribution is 2.24. The summed E-state index contributed by atoms with van der Waals surface area (Å²) < 4.78 is 0. The average molecular weight is 307 g/mol. The lowest BCUT2D eigenvalue weighted by molar-refractivity contribution is -0.133. The van der Waals surface area contributed by atoms with Crippen LogP contribution in [0.1, 0.15) is 23.3 Å². The number of carbonyl (C=O) groups excluding carboxylic acids is 1. The van der Waals surface area contributed by atoms with Crippen LogP contribution in [0.5, 0.6) is 0 Å². The summed E-state index contributed by atoms with van der Waals surface area (Å²) in [5.41, 5.74) is 1.35. The predicted molar refractivity (Wildman–Crippen MR) is 86.5 cm³/mol. The molecule has 4 nitrogen and oxygen atoms in total. The van der Waals surface area contributed by atoms with Crippen molar-refractivity contribution in [2.24, 2.45) is 5.92 Å². The molecular weight excluding hydrogens is 282 g/mol. The molecule has 1 N–H and O–H groups in total. The van der Waals surface area contributed by atoms with E-state index in [1.807, 2.05) is 23.3 Å². The van der Waals surface area contributed by atoms with Crippen LogP contribution >= 0.6 is 11.3 Å². The summed E-state index contributed by atoms with van der Waals surface area (Å²) in [6.07, 6.45) is 3.53. The SMILES string of the molecule is CNCC1CCCN(CC(=O)N2CCc3sccc3C2)C1. The first-order chi connectivity index (χ1) is 10.3. The highest BCUT2D eigenvalue weighted by atomic mass is 32.1. The summed E-state index contributed by atoms with van der Waals surface area (Å²) in [6.45, 7) is 5.49. The number of amides is 1. The van der Waals surface area contributed by atoms with Crippen LogP contribution in [0.25, 0.3) is 0 Å². The first kappa shape index (κ1) is 15.0. The average Bonchev–Trinajstić information content (AvgIpc) is 2.95. The molecule has 5 heteroatoms. The van der Waals surface area contributed by atoms with Crippen molar-refractivity contribution in [2.75, 3.05) is 39.8 Å². The molecule has 0 bridgehead atoms. The topological polar surface area (TPSA) is 35.6 Å². The summed E-state index contributed by atoms with van der Waals surface area (Å²) in [7, 11) is 2.01. The van der Waals surface area contributed by atoms with Gasteiger partial charge in [0.15, 0.2) is 0 Å². The van der Waals surface area contributed by atoms with E-state index < -0.39 is 0 Å². The number of nitrogens with zero attached hydrogens (tertiary/aromatic N) is 2. The minimum absolute atomic E-state index is 0.303. The van der Waals surface area contributed by atoms with Crippen LogP contribution in [0.2, 0.25) is 0 Å². The smallest absolute Gasteiger partial charge is 0.237 e. The number of hydrogen-bond donors (Lipinski definition) is 1. The molecule has 1 amide bonds. The normalized spacial score (nSPS) is 23.1. The van der Waals surface area contributed by atoms with Gasteiger partial charge in [-0.15, -0.1) is 11.3 Å². The van der Waals surface area contributed by atoms with E-state index in [4.69, 9.17) is 0 Å². The third-order valence-electron chi connectivity index (χ3n) is 4.62. The highest BCUT2D eigenvalue weighted by molar-refractivity contribution is 7.10. The second-order valence-electron chi connectivity index (χ2n) is 6.24. The molecule has 3 rings (SSSR count). The Morgan fingerprint density at radius 2 is 2.38 bits per heavy atom. The van der Waals surface area contributed by atoms with Crippen LogP contribution in [0.15, 0.2) is 11.4 Å². The molecule has 1 unspecified atom stereocenters. The van der Waals surface area contributed by atoms with Crippen molar-refractivity contribution in [2.45, 2.75) is 25.8 Å². The largest absolute Gasteiger partial charge is 0.337 e. The fourth-order valence-electron chi connectivity index (χ4n) is 3.50. The number of carbonyl (C=O) groups is 1. The molecule has 1 atom stereocenters. The van der Waals surface area contributed by atoms with Crippen LogP contribution < -0.4 is 5.32 Å². The molecule has 0 spiro atoms. The molecule has 1 fully saturated rings. The van der Waals surface area contributed by atoms with Crippen molar-refractivity contribution in [1.29, 1.82) is 0 Å². The molecule has 3 heterocycles. The van der Waals surface area contributed by atoms with Gasteiger partial charge in [-0.3, -0.25) is 9.69 Å². The third-order valence-corrected chi connectivity index (χ3v) is 5.64. The molecule has 1 aromatic heterocycles.